The van der Waals surface area contributed by atoms with Crippen molar-refractivity contribution in [2.45, 2.75) is 90.1 Å². The van der Waals surface area contributed by atoms with Crippen molar-refractivity contribution in [1.29, 1.82) is 0 Å². The van der Waals surface area contributed by atoms with Gasteiger partial charge in [0.05, 0.1) is 12.2 Å². The third-order valence-electron chi connectivity index (χ3n) is 9.12. The Morgan fingerprint density at radius 3 is 2.42 bits per heavy atom. The van der Waals surface area contributed by atoms with E-state index in [9.17, 15) is 19.8 Å². The van der Waals surface area contributed by atoms with E-state index in [1.54, 1.807) is 0 Å². The maximum absolute atomic E-state index is 11.9. The monoisotopic (exact) mass is 430 g/mol. The van der Waals surface area contributed by atoms with Crippen LogP contribution in [0, 0.1) is 40.9 Å². The van der Waals surface area contributed by atoms with Crippen LogP contribution in [0.3, 0.4) is 0 Å². The summed E-state index contributed by atoms with van der Waals surface area (Å²) in [7, 11) is 0. The number of esters is 2. The van der Waals surface area contributed by atoms with Crippen molar-refractivity contribution in [3.8, 4) is 12.3 Å². The molecule has 0 aromatic heterocycles. The number of hydrogen-bond donors (Lipinski definition) is 2. The molecule has 0 radical (unpaired) electrons. The summed E-state index contributed by atoms with van der Waals surface area (Å²) in [4.78, 5) is 23.3. The van der Waals surface area contributed by atoms with E-state index in [0.717, 1.165) is 24.8 Å². The molecule has 4 aliphatic rings. The molecule has 0 amide bonds. The van der Waals surface area contributed by atoms with Crippen LogP contribution in [0.4, 0.5) is 0 Å². The molecule has 0 aliphatic heterocycles. The minimum Gasteiger partial charge on any atom is -0.459 e. The number of carbonyl (C=O) groups is 2. The first-order valence-corrected chi connectivity index (χ1v) is 11.4. The second-order valence-corrected chi connectivity index (χ2v) is 10.6. The van der Waals surface area contributed by atoms with Crippen LogP contribution >= 0.6 is 0 Å². The van der Waals surface area contributed by atoms with Gasteiger partial charge >= 0.3 is 11.9 Å². The Balaban J connectivity index is 1.69. The molecule has 0 heterocycles. The minimum absolute atomic E-state index is 0.0178. The summed E-state index contributed by atoms with van der Waals surface area (Å²) in [5.41, 5.74) is -0.539. The summed E-state index contributed by atoms with van der Waals surface area (Å²) in [6.07, 6.45) is 9.90. The lowest BCUT2D eigenvalue weighted by Gasteiger charge is -2.60. The summed E-state index contributed by atoms with van der Waals surface area (Å²) >= 11 is 0. The van der Waals surface area contributed by atoms with Crippen molar-refractivity contribution in [2.24, 2.45) is 28.6 Å². The number of carbonyl (C=O) groups excluding carboxylic acids is 2. The zero-order chi connectivity index (χ0) is 22.8. The standard InChI is InChI=1S/C25H34O6/c1-6-25(31-15(3)27)10-8-18-22-17(7-9-24(18,25)5)23(4)13-20(29)21(30-14(2)26)12-16(23)11-19(22)28/h1,11,17-22,28-29H,7-10,12-13H2,2-5H3/t17-,18-,19-,20-,21+,22+,23-,24-,25-/m0/s1. The molecule has 9 atom stereocenters. The van der Waals surface area contributed by atoms with Crippen LogP contribution in [0.25, 0.3) is 0 Å². The third kappa shape index (κ3) is 3.15. The van der Waals surface area contributed by atoms with Crippen molar-refractivity contribution in [3.05, 3.63) is 11.6 Å². The normalized spacial score (nSPS) is 48.4. The van der Waals surface area contributed by atoms with E-state index in [1.807, 2.05) is 6.08 Å². The molecule has 0 aromatic rings. The number of ether oxygens (including phenoxy) is 2. The highest BCUT2D eigenvalue weighted by Gasteiger charge is 2.67. The summed E-state index contributed by atoms with van der Waals surface area (Å²) < 4.78 is 11.1. The van der Waals surface area contributed by atoms with Crippen LogP contribution in [0.15, 0.2) is 11.6 Å². The summed E-state index contributed by atoms with van der Waals surface area (Å²) in [5, 5.41) is 22.1. The van der Waals surface area contributed by atoms with E-state index >= 15 is 0 Å². The fourth-order valence-electron chi connectivity index (χ4n) is 7.68. The van der Waals surface area contributed by atoms with Crippen molar-refractivity contribution >= 4 is 11.9 Å². The first kappa shape index (κ1) is 22.4. The van der Waals surface area contributed by atoms with Gasteiger partial charge in [-0.25, -0.2) is 0 Å². The van der Waals surface area contributed by atoms with Crippen LogP contribution in [0.5, 0.6) is 0 Å². The molecular formula is C25H34O6. The van der Waals surface area contributed by atoms with E-state index in [4.69, 9.17) is 15.9 Å². The number of hydrogen-bond acceptors (Lipinski definition) is 6. The summed E-state index contributed by atoms with van der Waals surface area (Å²) in [5.74, 6) is 2.34. The molecule has 0 spiro atoms. The van der Waals surface area contributed by atoms with E-state index in [1.165, 1.54) is 13.8 Å². The van der Waals surface area contributed by atoms with E-state index in [0.29, 0.717) is 19.3 Å². The first-order chi connectivity index (χ1) is 14.5. The second kappa shape index (κ2) is 7.35. The Kier molecular flexibility index (Phi) is 5.30. The van der Waals surface area contributed by atoms with Crippen molar-refractivity contribution in [2.75, 3.05) is 0 Å². The van der Waals surface area contributed by atoms with Gasteiger partial charge in [0, 0.05) is 25.7 Å². The molecule has 0 bridgehead atoms. The van der Waals surface area contributed by atoms with Gasteiger partial charge in [-0.15, -0.1) is 6.42 Å². The number of rotatable bonds is 2. The Hall–Kier alpha value is -1.84. The fourth-order valence-corrected chi connectivity index (χ4v) is 7.68. The Morgan fingerprint density at radius 2 is 1.81 bits per heavy atom. The number of terminal acetylenes is 1. The predicted octanol–water partition coefficient (Wildman–Crippen LogP) is 2.76. The molecule has 0 aromatic carbocycles. The lowest BCUT2D eigenvalue weighted by molar-refractivity contribution is -0.175. The topological polar surface area (TPSA) is 93.1 Å². The highest BCUT2D eigenvalue weighted by Crippen LogP contribution is 2.67. The largest absolute Gasteiger partial charge is 0.459 e. The Morgan fingerprint density at radius 1 is 1.13 bits per heavy atom. The van der Waals surface area contributed by atoms with Gasteiger partial charge in [0.2, 0.25) is 0 Å². The van der Waals surface area contributed by atoms with Gasteiger partial charge in [0.15, 0.2) is 5.60 Å². The molecule has 0 unspecified atom stereocenters. The maximum Gasteiger partial charge on any atom is 0.304 e. The zero-order valence-electron chi connectivity index (χ0n) is 18.9. The van der Waals surface area contributed by atoms with Crippen molar-refractivity contribution < 1.29 is 29.3 Å². The molecule has 3 fully saturated rings. The number of aliphatic hydroxyl groups is 2. The maximum atomic E-state index is 11.9. The van der Waals surface area contributed by atoms with Gasteiger partial charge in [-0.2, -0.15) is 0 Å². The average molecular weight is 431 g/mol. The lowest BCUT2D eigenvalue weighted by Crippen LogP contribution is -2.59. The molecular weight excluding hydrogens is 396 g/mol. The van der Waals surface area contributed by atoms with E-state index in [2.05, 4.69) is 19.8 Å². The number of fused-ring (bicyclic) bond motifs is 5. The van der Waals surface area contributed by atoms with Gasteiger partial charge in [-0.05, 0) is 55.3 Å². The van der Waals surface area contributed by atoms with Gasteiger partial charge in [0.25, 0.3) is 0 Å². The minimum atomic E-state index is -0.939. The third-order valence-corrected chi connectivity index (χ3v) is 9.12. The molecule has 6 heteroatoms. The van der Waals surface area contributed by atoms with Crippen LogP contribution in [-0.4, -0.2) is 46.1 Å². The molecule has 6 nitrogen and oxygen atoms in total. The zero-order valence-corrected chi connectivity index (χ0v) is 18.9. The molecule has 2 N–H and O–H groups in total. The van der Waals surface area contributed by atoms with Gasteiger partial charge in [-0.1, -0.05) is 31.4 Å². The SMILES string of the molecule is C#C[C@]1(OC(C)=O)CC[C@H]2[C@@H]3[C@@H](O)C=C4C[C@@H](OC(C)=O)[C@@H](O)C[C@]4(C)[C@H]3CC[C@@]21C. The average Bonchev–Trinajstić information content (AvgIpc) is 2.96. The molecule has 4 rings (SSSR count). The summed E-state index contributed by atoms with van der Waals surface area (Å²) in [6.45, 7) is 7.04. The quantitative estimate of drug-likeness (QED) is 0.398. The highest BCUT2D eigenvalue weighted by molar-refractivity contribution is 5.67. The van der Waals surface area contributed by atoms with Crippen LogP contribution < -0.4 is 0 Å². The van der Waals surface area contributed by atoms with Crippen LogP contribution in [0.2, 0.25) is 0 Å². The Bertz CT molecular complexity index is 857. The molecule has 31 heavy (non-hydrogen) atoms. The molecule has 3 saturated carbocycles. The summed E-state index contributed by atoms with van der Waals surface area (Å²) in [6, 6.07) is 0. The van der Waals surface area contributed by atoms with Gasteiger partial charge < -0.3 is 19.7 Å². The predicted molar refractivity (Wildman–Crippen MR) is 113 cm³/mol. The van der Waals surface area contributed by atoms with Crippen LogP contribution in [-0.2, 0) is 19.1 Å². The number of aliphatic hydroxyl groups excluding tert-OH is 2. The van der Waals surface area contributed by atoms with E-state index < -0.39 is 35.3 Å². The van der Waals surface area contributed by atoms with Gasteiger partial charge in [0.1, 0.15) is 6.10 Å². The first-order valence-electron chi connectivity index (χ1n) is 11.4. The highest BCUT2D eigenvalue weighted by atomic mass is 16.6. The smallest absolute Gasteiger partial charge is 0.304 e. The molecule has 4 aliphatic carbocycles. The fraction of sp³-hybridized carbons (Fsp3) is 0.760. The second-order valence-electron chi connectivity index (χ2n) is 10.6. The van der Waals surface area contributed by atoms with Crippen molar-refractivity contribution in [1.82, 2.24) is 0 Å². The molecule has 170 valence electrons. The van der Waals surface area contributed by atoms with Gasteiger partial charge in [-0.3, -0.25) is 9.59 Å². The molecule has 0 saturated heterocycles. The van der Waals surface area contributed by atoms with E-state index in [-0.39, 0.29) is 29.1 Å². The van der Waals surface area contributed by atoms with Crippen LogP contribution in [0.1, 0.15) is 66.2 Å². The lowest BCUT2D eigenvalue weighted by atomic mass is 9.46. The Labute approximate surface area is 184 Å². The van der Waals surface area contributed by atoms with Crippen molar-refractivity contribution in [3.63, 3.8) is 0 Å².